The van der Waals surface area contributed by atoms with Crippen molar-refractivity contribution in [3.63, 3.8) is 0 Å². The second-order valence-electron chi connectivity index (χ2n) is 18.3. The molecule has 3 fully saturated rings. The number of nitrogens with zero attached hydrogens (tertiary/aromatic N) is 1. The molecule has 7 aromatic rings. The van der Waals surface area contributed by atoms with Crippen molar-refractivity contribution in [2.75, 3.05) is 4.90 Å². The Labute approximate surface area is 339 Å². The van der Waals surface area contributed by atoms with Gasteiger partial charge in [0.2, 0.25) is 0 Å². The SMILES string of the molecule is CC1(C)c2cc(N(c3ccc(-c4cc5ccccc5cc4-c4ccccc4)cc3)c3ccc(C4CC5CCC4C5)cc3)ccc2-c2c(C3CCCCC3)cccc21. The van der Waals surface area contributed by atoms with E-state index in [-0.39, 0.29) is 5.41 Å². The Hall–Kier alpha value is -5.40. The molecule has 7 aromatic carbocycles. The maximum absolute atomic E-state index is 2.52. The molecule has 282 valence electrons. The summed E-state index contributed by atoms with van der Waals surface area (Å²) in [6, 6.07) is 58.0. The van der Waals surface area contributed by atoms with Gasteiger partial charge in [-0.3, -0.25) is 0 Å². The summed E-state index contributed by atoms with van der Waals surface area (Å²) < 4.78 is 0. The van der Waals surface area contributed by atoms with Gasteiger partial charge in [-0.25, -0.2) is 0 Å². The van der Waals surface area contributed by atoms with E-state index in [1.807, 2.05) is 0 Å². The van der Waals surface area contributed by atoms with E-state index in [0.29, 0.717) is 5.92 Å². The van der Waals surface area contributed by atoms with E-state index in [4.69, 9.17) is 0 Å². The Morgan fingerprint density at radius 1 is 0.491 bits per heavy atom. The van der Waals surface area contributed by atoms with E-state index in [0.717, 1.165) is 17.8 Å². The van der Waals surface area contributed by atoms with Crippen LogP contribution in [0, 0.1) is 11.8 Å². The summed E-state index contributed by atoms with van der Waals surface area (Å²) in [6.07, 6.45) is 12.4. The summed E-state index contributed by atoms with van der Waals surface area (Å²) in [4.78, 5) is 2.51. The molecule has 0 spiro atoms. The quantitative estimate of drug-likeness (QED) is 0.157. The normalized spacial score (nSPS) is 20.8. The molecule has 1 nitrogen and oxygen atoms in total. The van der Waals surface area contributed by atoms with Crippen molar-refractivity contribution in [2.24, 2.45) is 11.8 Å². The predicted molar refractivity (Wildman–Crippen MR) is 241 cm³/mol. The second kappa shape index (κ2) is 13.9. The lowest BCUT2D eigenvalue weighted by molar-refractivity contribution is 0.420. The fourth-order valence-electron chi connectivity index (χ4n) is 11.8. The van der Waals surface area contributed by atoms with Crippen molar-refractivity contribution in [3.05, 3.63) is 174 Å². The molecule has 11 rings (SSSR count). The molecule has 0 heterocycles. The summed E-state index contributed by atoms with van der Waals surface area (Å²) in [5.41, 5.74) is 17.6. The highest BCUT2D eigenvalue weighted by Crippen LogP contribution is 2.55. The van der Waals surface area contributed by atoms with Crippen LogP contribution in [-0.4, -0.2) is 0 Å². The van der Waals surface area contributed by atoms with Crippen LogP contribution in [0.3, 0.4) is 0 Å². The monoisotopic (exact) mass is 739 g/mol. The molecule has 0 aromatic heterocycles. The standard InChI is InChI=1S/C56H53N/c1-56(2)53-19-11-18-48(38-12-5-3-6-13-38)55(53)49-31-30-47(36-54(49)56)57(45-26-22-40(23-27-45)50-33-37-20-21-44(50)32-37)46-28-24-41(25-29-46)52-35-43-17-10-9-16-42(43)34-51(52)39-14-7-4-8-15-39/h4,7-11,14-19,22-31,34-38,44,50H,3,5-6,12-13,20-21,32-33H2,1-2H3. The number of fused-ring (bicyclic) bond motifs is 6. The van der Waals surface area contributed by atoms with Crippen LogP contribution in [0.25, 0.3) is 44.2 Å². The largest absolute Gasteiger partial charge is 0.310 e. The van der Waals surface area contributed by atoms with Crippen LogP contribution in [0.4, 0.5) is 17.1 Å². The van der Waals surface area contributed by atoms with Crippen molar-refractivity contribution in [1.82, 2.24) is 0 Å². The lowest BCUT2D eigenvalue weighted by Crippen LogP contribution is -2.17. The molecule has 4 aliphatic carbocycles. The van der Waals surface area contributed by atoms with Gasteiger partial charge in [-0.05, 0) is 171 Å². The third-order valence-electron chi connectivity index (χ3n) is 14.7. The zero-order chi connectivity index (χ0) is 38.1. The first kappa shape index (κ1) is 34.8. The van der Waals surface area contributed by atoms with Crippen LogP contribution in [0.5, 0.6) is 0 Å². The molecule has 1 heteroatoms. The highest BCUT2D eigenvalue weighted by Gasteiger charge is 2.41. The molecule has 0 amide bonds. The molecule has 0 N–H and O–H groups in total. The maximum Gasteiger partial charge on any atom is 0.0465 e. The van der Waals surface area contributed by atoms with E-state index < -0.39 is 0 Å². The second-order valence-corrected chi connectivity index (χ2v) is 18.3. The first-order chi connectivity index (χ1) is 28.0. The van der Waals surface area contributed by atoms with Gasteiger partial charge in [0.25, 0.3) is 0 Å². The third kappa shape index (κ3) is 5.96. The summed E-state index contributed by atoms with van der Waals surface area (Å²) in [5.74, 6) is 3.21. The third-order valence-corrected chi connectivity index (χ3v) is 14.7. The number of benzene rings is 7. The first-order valence-corrected chi connectivity index (χ1v) is 21.9. The maximum atomic E-state index is 2.52. The Morgan fingerprint density at radius 3 is 1.81 bits per heavy atom. The zero-order valence-corrected chi connectivity index (χ0v) is 33.6. The van der Waals surface area contributed by atoms with Gasteiger partial charge in [-0.2, -0.15) is 0 Å². The molecular formula is C56H53N. The van der Waals surface area contributed by atoms with Crippen molar-refractivity contribution >= 4 is 27.8 Å². The van der Waals surface area contributed by atoms with Crippen LogP contribution in [-0.2, 0) is 5.41 Å². The van der Waals surface area contributed by atoms with Crippen molar-refractivity contribution < 1.29 is 0 Å². The van der Waals surface area contributed by atoms with Gasteiger partial charge in [-0.15, -0.1) is 0 Å². The highest BCUT2D eigenvalue weighted by molar-refractivity contribution is 5.97. The molecule has 3 unspecified atom stereocenters. The minimum absolute atomic E-state index is 0.0730. The van der Waals surface area contributed by atoms with Crippen LogP contribution in [0.15, 0.2) is 152 Å². The van der Waals surface area contributed by atoms with Crippen molar-refractivity contribution in [3.8, 4) is 33.4 Å². The smallest absolute Gasteiger partial charge is 0.0465 e. The van der Waals surface area contributed by atoms with Gasteiger partial charge in [0.1, 0.15) is 0 Å². The van der Waals surface area contributed by atoms with E-state index in [9.17, 15) is 0 Å². The minimum Gasteiger partial charge on any atom is -0.310 e. The molecule has 2 bridgehead atoms. The zero-order valence-electron chi connectivity index (χ0n) is 33.6. The van der Waals surface area contributed by atoms with Crippen molar-refractivity contribution in [1.29, 1.82) is 0 Å². The average Bonchev–Trinajstić information content (AvgIpc) is 3.97. The molecule has 0 aliphatic heterocycles. The van der Waals surface area contributed by atoms with E-state index in [2.05, 4.69) is 170 Å². The molecule has 4 aliphatic rings. The predicted octanol–water partition coefficient (Wildman–Crippen LogP) is 15.9. The molecular weight excluding hydrogens is 687 g/mol. The molecule has 0 saturated heterocycles. The lowest BCUT2D eigenvalue weighted by Gasteiger charge is -2.29. The fourth-order valence-corrected chi connectivity index (χ4v) is 11.8. The van der Waals surface area contributed by atoms with Gasteiger partial charge in [0.05, 0.1) is 0 Å². The Morgan fingerprint density at radius 2 is 1.14 bits per heavy atom. The topological polar surface area (TPSA) is 3.24 Å². The van der Waals surface area contributed by atoms with Gasteiger partial charge < -0.3 is 4.90 Å². The van der Waals surface area contributed by atoms with Gasteiger partial charge in [0, 0.05) is 22.5 Å². The van der Waals surface area contributed by atoms with E-state index in [1.165, 1.54) is 136 Å². The van der Waals surface area contributed by atoms with E-state index in [1.54, 1.807) is 5.56 Å². The average molecular weight is 740 g/mol. The summed E-state index contributed by atoms with van der Waals surface area (Å²) in [7, 11) is 0. The van der Waals surface area contributed by atoms with E-state index >= 15 is 0 Å². The Bertz CT molecular complexity index is 2590. The molecule has 3 saturated carbocycles. The fraction of sp³-hybridized carbons (Fsp3) is 0.286. The number of rotatable bonds is 7. The molecule has 0 radical (unpaired) electrons. The van der Waals surface area contributed by atoms with Gasteiger partial charge in [0.15, 0.2) is 0 Å². The van der Waals surface area contributed by atoms with Gasteiger partial charge >= 0.3 is 0 Å². The Kier molecular flexibility index (Phi) is 8.50. The molecule has 3 atom stereocenters. The summed E-state index contributed by atoms with van der Waals surface area (Å²) in [5, 5.41) is 2.53. The van der Waals surface area contributed by atoms with Crippen LogP contribution in [0.2, 0.25) is 0 Å². The first-order valence-electron chi connectivity index (χ1n) is 21.9. The lowest BCUT2D eigenvalue weighted by atomic mass is 9.78. The van der Waals surface area contributed by atoms with Crippen LogP contribution in [0.1, 0.15) is 106 Å². The van der Waals surface area contributed by atoms with Crippen LogP contribution < -0.4 is 4.90 Å². The number of hydrogen-bond donors (Lipinski definition) is 0. The van der Waals surface area contributed by atoms with Crippen LogP contribution >= 0.6 is 0 Å². The number of hydrogen-bond acceptors (Lipinski definition) is 1. The highest BCUT2D eigenvalue weighted by atomic mass is 15.1. The van der Waals surface area contributed by atoms with Gasteiger partial charge in [-0.1, -0.05) is 143 Å². The van der Waals surface area contributed by atoms with Crippen molar-refractivity contribution in [2.45, 2.75) is 88.9 Å². The number of anilines is 3. The molecule has 57 heavy (non-hydrogen) atoms. The Balaban J connectivity index is 1.02. The summed E-state index contributed by atoms with van der Waals surface area (Å²) >= 11 is 0. The minimum atomic E-state index is -0.0730. The summed E-state index contributed by atoms with van der Waals surface area (Å²) in [6.45, 7) is 4.90.